The lowest BCUT2D eigenvalue weighted by atomic mass is 10.0. The fourth-order valence-electron chi connectivity index (χ4n) is 5.96. The maximum absolute atomic E-state index is 14.8. The lowest BCUT2D eigenvalue weighted by Crippen LogP contribution is -2.32. The van der Waals surface area contributed by atoms with E-state index in [2.05, 4.69) is 20.3 Å². The number of aryl methyl sites for hydroxylation is 1. The van der Waals surface area contributed by atoms with Gasteiger partial charge in [0.2, 0.25) is 16.0 Å². The minimum absolute atomic E-state index is 0.0215. The fourth-order valence-corrected chi connectivity index (χ4v) is 6.54. The van der Waals surface area contributed by atoms with Gasteiger partial charge in [-0.2, -0.15) is 5.10 Å². The summed E-state index contributed by atoms with van der Waals surface area (Å²) in [5.41, 5.74) is 1.29. The smallest absolute Gasteiger partial charge is 0.285 e. The monoisotopic (exact) mass is 614 g/mol. The highest BCUT2D eigenvalue weighted by Crippen LogP contribution is 2.58. The first-order valence-electron chi connectivity index (χ1n) is 13.2. The summed E-state index contributed by atoms with van der Waals surface area (Å²) in [4.78, 5) is 37.0. The van der Waals surface area contributed by atoms with Crippen molar-refractivity contribution in [2.75, 3.05) is 29.6 Å². The van der Waals surface area contributed by atoms with Crippen LogP contribution in [0.4, 0.5) is 16.0 Å². The van der Waals surface area contributed by atoms with Gasteiger partial charge in [0.15, 0.2) is 5.69 Å². The van der Waals surface area contributed by atoms with Crippen LogP contribution < -0.4 is 20.5 Å². The Morgan fingerprint density at radius 2 is 1.86 bits per heavy atom. The molecule has 1 aliphatic carbocycles. The zero-order valence-electron chi connectivity index (χ0n) is 23.2. The third-order valence-corrected chi connectivity index (χ3v) is 8.66. The standard InChI is InChI=1S/C27H28ClFN8O4S/c1-13(30-20-5-6-21(28)31-24(20)25(38)34-42(4,40)41)15-9-14(29)10-16-23(15)32-27(36(3)26(16)39)37-11-17-18(12-37)22(17)19-7-8-35(2)33-19/h5-10,13,17-18,22,30H,11-12H2,1-4H3,(H,34,38)/t13-,17-,18+,22?/m1/s1. The molecule has 0 radical (unpaired) electrons. The first-order chi connectivity index (χ1) is 19.8. The van der Waals surface area contributed by atoms with Crippen LogP contribution in [0.1, 0.15) is 40.6 Å². The molecular formula is C27H28ClFN8O4S. The van der Waals surface area contributed by atoms with Crippen LogP contribution in [0.25, 0.3) is 10.9 Å². The van der Waals surface area contributed by atoms with E-state index in [0.717, 1.165) is 31.1 Å². The molecule has 1 aliphatic heterocycles. The Kier molecular flexibility index (Phi) is 6.72. The van der Waals surface area contributed by atoms with Gasteiger partial charge in [0, 0.05) is 44.9 Å². The van der Waals surface area contributed by atoms with Crippen molar-refractivity contribution >= 4 is 50.1 Å². The van der Waals surface area contributed by atoms with Gasteiger partial charge in [-0.3, -0.25) is 18.8 Å². The maximum atomic E-state index is 14.8. The Labute approximate surface area is 245 Å². The summed E-state index contributed by atoms with van der Waals surface area (Å²) in [6.45, 7) is 3.15. The van der Waals surface area contributed by atoms with Gasteiger partial charge in [-0.15, -0.1) is 0 Å². The summed E-state index contributed by atoms with van der Waals surface area (Å²) in [5.74, 6) is 0.0912. The van der Waals surface area contributed by atoms with Crippen LogP contribution in [-0.4, -0.2) is 58.0 Å². The molecule has 4 heterocycles. The molecule has 12 nitrogen and oxygen atoms in total. The topological polar surface area (TPSA) is 144 Å². The summed E-state index contributed by atoms with van der Waals surface area (Å²) in [6, 6.07) is 6.71. The maximum Gasteiger partial charge on any atom is 0.285 e. The van der Waals surface area contributed by atoms with Crippen molar-refractivity contribution in [1.29, 1.82) is 0 Å². The highest BCUT2D eigenvalue weighted by molar-refractivity contribution is 7.89. The number of amides is 1. The Hall–Kier alpha value is -4.04. The number of pyridine rings is 1. The summed E-state index contributed by atoms with van der Waals surface area (Å²) in [5, 5.41) is 7.74. The van der Waals surface area contributed by atoms with Crippen molar-refractivity contribution in [1.82, 2.24) is 29.0 Å². The molecule has 1 amide bonds. The summed E-state index contributed by atoms with van der Waals surface area (Å²) < 4.78 is 43.3. The number of piperidine rings is 1. The molecule has 220 valence electrons. The Balaban J connectivity index is 1.33. The second kappa shape index (κ2) is 10.1. The van der Waals surface area contributed by atoms with Crippen LogP contribution in [-0.2, 0) is 24.1 Å². The quantitative estimate of drug-likeness (QED) is 0.300. The number of hydrogen-bond acceptors (Lipinski definition) is 9. The van der Waals surface area contributed by atoms with Gasteiger partial charge < -0.3 is 10.2 Å². The SMILES string of the molecule is C[C@@H](Nc1ccc(Cl)nc1C(=O)NS(C)(=O)=O)c1cc(F)cc2c(=O)n(C)c(N3C[C@@H]4C(c5ccn(C)n5)[C@@H]4C3)nc12. The van der Waals surface area contributed by atoms with E-state index in [1.807, 2.05) is 24.0 Å². The molecule has 42 heavy (non-hydrogen) atoms. The van der Waals surface area contributed by atoms with E-state index in [9.17, 15) is 22.4 Å². The van der Waals surface area contributed by atoms with Gasteiger partial charge in [0.05, 0.1) is 34.6 Å². The number of benzene rings is 1. The number of anilines is 2. The van der Waals surface area contributed by atoms with E-state index in [-0.39, 0.29) is 27.5 Å². The van der Waals surface area contributed by atoms with Gasteiger partial charge in [-0.25, -0.2) is 27.5 Å². The van der Waals surface area contributed by atoms with Crippen LogP contribution in [0.5, 0.6) is 0 Å². The molecule has 3 aromatic heterocycles. The van der Waals surface area contributed by atoms with Crippen molar-refractivity contribution in [3.8, 4) is 0 Å². The number of hydrogen-bond donors (Lipinski definition) is 2. The van der Waals surface area contributed by atoms with Gasteiger partial charge >= 0.3 is 0 Å². The first kappa shape index (κ1) is 28.1. The number of nitrogens with one attached hydrogen (secondary N) is 2. The predicted octanol–water partition coefficient (Wildman–Crippen LogP) is 2.57. The molecule has 2 aliphatic rings. The van der Waals surface area contributed by atoms with E-state index in [1.54, 1.807) is 18.7 Å². The molecule has 1 unspecified atom stereocenters. The number of rotatable bonds is 7. The largest absolute Gasteiger partial charge is 0.377 e. The highest BCUT2D eigenvalue weighted by Gasteiger charge is 2.57. The Morgan fingerprint density at radius 1 is 1.14 bits per heavy atom. The van der Waals surface area contributed by atoms with Gasteiger partial charge in [-0.1, -0.05) is 11.6 Å². The van der Waals surface area contributed by atoms with Crippen LogP contribution >= 0.6 is 11.6 Å². The van der Waals surface area contributed by atoms with Crippen LogP contribution in [0.15, 0.2) is 41.3 Å². The summed E-state index contributed by atoms with van der Waals surface area (Å²) >= 11 is 5.98. The number of aromatic nitrogens is 5. The van der Waals surface area contributed by atoms with Crippen molar-refractivity contribution in [3.05, 3.63) is 74.8 Å². The molecule has 4 atom stereocenters. The average molecular weight is 615 g/mol. The molecule has 1 saturated heterocycles. The number of halogens is 2. The second-order valence-corrected chi connectivity index (χ2v) is 13.1. The van der Waals surface area contributed by atoms with E-state index < -0.39 is 27.8 Å². The Morgan fingerprint density at radius 3 is 2.50 bits per heavy atom. The van der Waals surface area contributed by atoms with Crippen LogP contribution in [0.3, 0.4) is 0 Å². The Bertz CT molecular complexity index is 1920. The van der Waals surface area contributed by atoms with E-state index in [4.69, 9.17) is 16.6 Å². The third-order valence-electron chi connectivity index (χ3n) is 7.90. The number of carbonyl (C=O) groups is 1. The van der Waals surface area contributed by atoms with E-state index in [1.165, 1.54) is 22.8 Å². The molecule has 2 N–H and O–H groups in total. The molecule has 0 spiro atoms. The summed E-state index contributed by atoms with van der Waals surface area (Å²) in [7, 11) is -0.349. The molecule has 2 fully saturated rings. The predicted molar refractivity (Wildman–Crippen MR) is 156 cm³/mol. The number of sulfonamides is 1. The van der Waals surface area contributed by atoms with Gasteiger partial charge in [0.1, 0.15) is 11.0 Å². The van der Waals surface area contributed by atoms with Crippen LogP contribution in [0, 0.1) is 17.7 Å². The van der Waals surface area contributed by atoms with Crippen molar-refractivity contribution in [3.63, 3.8) is 0 Å². The van der Waals surface area contributed by atoms with E-state index >= 15 is 0 Å². The van der Waals surface area contributed by atoms with Crippen molar-refractivity contribution in [2.24, 2.45) is 25.9 Å². The van der Waals surface area contributed by atoms with Crippen molar-refractivity contribution < 1.29 is 17.6 Å². The van der Waals surface area contributed by atoms with Gasteiger partial charge in [0.25, 0.3) is 11.5 Å². The average Bonchev–Trinajstić information content (AvgIpc) is 3.20. The minimum Gasteiger partial charge on any atom is -0.377 e. The molecule has 1 aromatic carbocycles. The third kappa shape index (κ3) is 5.09. The molecular weight excluding hydrogens is 587 g/mol. The molecule has 15 heteroatoms. The molecule has 1 saturated carbocycles. The van der Waals surface area contributed by atoms with E-state index in [0.29, 0.717) is 34.8 Å². The second-order valence-electron chi connectivity index (χ2n) is 10.9. The number of nitrogens with zero attached hydrogens (tertiary/aromatic N) is 6. The lowest BCUT2D eigenvalue weighted by molar-refractivity contribution is 0.0977. The molecule has 0 bridgehead atoms. The normalized spacial score (nSPS) is 20.4. The van der Waals surface area contributed by atoms with Crippen LogP contribution in [0.2, 0.25) is 5.15 Å². The zero-order valence-corrected chi connectivity index (χ0v) is 24.7. The fraction of sp³-hybridized carbons (Fsp3) is 0.370. The minimum atomic E-state index is -3.87. The highest BCUT2D eigenvalue weighted by atomic mass is 35.5. The van der Waals surface area contributed by atoms with Gasteiger partial charge in [-0.05, 0) is 49.1 Å². The zero-order chi connectivity index (χ0) is 30.1. The number of fused-ring (bicyclic) bond motifs is 2. The van der Waals surface area contributed by atoms with Crippen molar-refractivity contribution in [2.45, 2.75) is 18.9 Å². The lowest BCUT2D eigenvalue weighted by Gasteiger charge is -2.24. The first-order valence-corrected chi connectivity index (χ1v) is 15.5. The molecule has 6 rings (SSSR count). The molecule has 4 aromatic rings. The number of carbonyl (C=O) groups excluding carboxylic acids is 1. The summed E-state index contributed by atoms with van der Waals surface area (Å²) in [6.07, 6.45) is 2.78.